The van der Waals surface area contributed by atoms with Crippen molar-refractivity contribution in [1.29, 1.82) is 0 Å². The van der Waals surface area contributed by atoms with Gasteiger partial charge in [0.2, 0.25) is 5.91 Å². The molecular weight excluding hydrogens is 323 g/mol. The molecule has 0 saturated carbocycles. The number of quaternary nitrogens is 1. The van der Waals surface area contributed by atoms with E-state index in [1.54, 1.807) is 17.0 Å². The quantitative estimate of drug-likeness (QED) is 0.599. The molecule has 0 radical (unpaired) electrons. The topological polar surface area (TPSA) is 65.9 Å². The van der Waals surface area contributed by atoms with E-state index in [0.29, 0.717) is 18.8 Å². The molecule has 0 unspecified atom stereocenters. The zero-order chi connectivity index (χ0) is 18.2. The molecule has 0 bridgehead atoms. The van der Waals surface area contributed by atoms with E-state index in [2.05, 4.69) is 24.5 Å². The van der Waals surface area contributed by atoms with Crippen molar-refractivity contribution in [2.24, 2.45) is 0 Å². The lowest BCUT2D eigenvalue weighted by atomic mass is 10.2. The number of nitrogens with one attached hydrogen (secondary N) is 3. The molecule has 0 aromatic heterocycles. The average molecular weight is 351 g/mol. The van der Waals surface area contributed by atoms with E-state index < -0.39 is 0 Å². The molecular formula is C18H28FN4O2+. The molecule has 0 aliphatic carbocycles. The highest BCUT2D eigenvalue weighted by Gasteiger charge is 2.31. The molecule has 1 heterocycles. The monoisotopic (exact) mass is 351 g/mol. The van der Waals surface area contributed by atoms with E-state index in [4.69, 9.17) is 0 Å². The molecule has 25 heavy (non-hydrogen) atoms. The summed E-state index contributed by atoms with van der Waals surface area (Å²) < 4.78 is 13.0. The molecule has 138 valence electrons. The molecule has 3 N–H and O–H groups in total. The van der Waals surface area contributed by atoms with Crippen molar-refractivity contribution in [3.8, 4) is 0 Å². The van der Waals surface area contributed by atoms with Crippen LogP contribution in [0.25, 0.3) is 0 Å². The fourth-order valence-corrected chi connectivity index (χ4v) is 3.06. The van der Waals surface area contributed by atoms with Gasteiger partial charge in [-0.3, -0.25) is 4.79 Å². The second kappa shape index (κ2) is 9.36. The van der Waals surface area contributed by atoms with E-state index >= 15 is 0 Å². The van der Waals surface area contributed by atoms with Crippen molar-refractivity contribution in [2.45, 2.75) is 32.7 Å². The first kappa shape index (κ1) is 19.2. The minimum atomic E-state index is -0.337. The lowest BCUT2D eigenvalue weighted by molar-refractivity contribution is -0.896. The minimum absolute atomic E-state index is 0.0676. The Kier molecular flexibility index (Phi) is 7.18. The van der Waals surface area contributed by atoms with Gasteiger partial charge in [-0.05, 0) is 38.1 Å². The summed E-state index contributed by atoms with van der Waals surface area (Å²) in [6.45, 7) is 8.55. The smallest absolute Gasteiger partial charge is 0.315 e. The summed E-state index contributed by atoms with van der Waals surface area (Å²) in [5.74, 6) is -0.405. The molecule has 1 fully saturated rings. The van der Waals surface area contributed by atoms with Crippen LogP contribution in [0.2, 0.25) is 0 Å². The minimum Gasteiger partial charge on any atom is -0.338 e. The molecule has 1 aromatic rings. The zero-order valence-electron chi connectivity index (χ0n) is 15.0. The van der Waals surface area contributed by atoms with Gasteiger partial charge in [0.05, 0.1) is 25.7 Å². The van der Waals surface area contributed by atoms with Gasteiger partial charge in [-0.1, -0.05) is 0 Å². The SMILES string of the molecule is CC[NH+](CC)CCCNC(=O)N[C@H]1CC(=O)N(c2ccc(F)cc2)C1. The van der Waals surface area contributed by atoms with E-state index in [-0.39, 0.29) is 30.2 Å². The number of hydrogen-bond acceptors (Lipinski definition) is 2. The van der Waals surface area contributed by atoms with Gasteiger partial charge in [-0.25, -0.2) is 9.18 Å². The van der Waals surface area contributed by atoms with Crippen LogP contribution in [0.5, 0.6) is 0 Å². The lowest BCUT2D eigenvalue weighted by Crippen LogP contribution is -3.11. The van der Waals surface area contributed by atoms with Crippen molar-refractivity contribution in [3.05, 3.63) is 30.1 Å². The molecule has 1 aliphatic rings. The number of anilines is 1. The molecule has 0 spiro atoms. The van der Waals surface area contributed by atoms with Gasteiger partial charge in [0.1, 0.15) is 5.82 Å². The lowest BCUT2D eigenvalue weighted by Gasteiger charge is -2.18. The number of urea groups is 1. The van der Waals surface area contributed by atoms with Gasteiger partial charge >= 0.3 is 6.03 Å². The molecule has 1 atom stereocenters. The average Bonchev–Trinajstić information content (AvgIpc) is 2.96. The second-order valence-corrected chi connectivity index (χ2v) is 6.34. The van der Waals surface area contributed by atoms with Crippen LogP contribution < -0.4 is 20.4 Å². The van der Waals surface area contributed by atoms with Gasteiger partial charge < -0.3 is 20.4 Å². The number of carbonyl (C=O) groups is 2. The van der Waals surface area contributed by atoms with Crippen LogP contribution in [0.15, 0.2) is 24.3 Å². The number of benzene rings is 1. The third kappa shape index (κ3) is 5.70. The van der Waals surface area contributed by atoms with Crippen molar-refractivity contribution < 1.29 is 18.9 Å². The number of amides is 3. The van der Waals surface area contributed by atoms with E-state index in [0.717, 1.165) is 26.1 Å². The maximum Gasteiger partial charge on any atom is 0.315 e. The summed E-state index contributed by atoms with van der Waals surface area (Å²) in [7, 11) is 0. The maximum atomic E-state index is 13.0. The second-order valence-electron chi connectivity index (χ2n) is 6.34. The highest BCUT2D eigenvalue weighted by Crippen LogP contribution is 2.21. The van der Waals surface area contributed by atoms with Crippen LogP contribution in [-0.4, -0.2) is 50.7 Å². The van der Waals surface area contributed by atoms with E-state index in [9.17, 15) is 14.0 Å². The zero-order valence-corrected chi connectivity index (χ0v) is 15.0. The third-order valence-electron chi connectivity index (χ3n) is 4.59. The van der Waals surface area contributed by atoms with Crippen LogP contribution >= 0.6 is 0 Å². The third-order valence-corrected chi connectivity index (χ3v) is 4.59. The predicted octanol–water partition coefficient (Wildman–Crippen LogP) is 0.545. The van der Waals surface area contributed by atoms with E-state index in [1.165, 1.54) is 17.0 Å². The van der Waals surface area contributed by atoms with Gasteiger partial charge in [-0.2, -0.15) is 0 Å². The van der Waals surface area contributed by atoms with Crippen LogP contribution in [0, 0.1) is 5.82 Å². The van der Waals surface area contributed by atoms with Gasteiger partial charge in [-0.15, -0.1) is 0 Å². The highest BCUT2D eigenvalue weighted by atomic mass is 19.1. The van der Waals surface area contributed by atoms with Gasteiger partial charge in [0.25, 0.3) is 0 Å². The number of halogens is 1. The standard InChI is InChI=1S/C18H27FN4O2/c1-3-22(4-2)11-5-10-20-18(25)21-15-12-17(24)23(13-15)16-8-6-14(19)7-9-16/h6-9,15H,3-5,10-13H2,1-2H3,(H2,20,21,25)/p+1/t15-/m0/s1. The number of hydrogen-bond donors (Lipinski definition) is 3. The van der Waals surface area contributed by atoms with Crippen molar-refractivity contribution in [2.75, 3.05) is 37.6 Å². The van der Waals surface area contributed by atoms with Crippen molar-refractivity contribution in [1.82, 2.24) is 10.6 Å². The molecule has 2 rings (SSSR count). The van der Waals surface area contributed by atoms with Crippen LogP contribution in [0.1, 0.15) is 26.7 Å². The normalized spacial score (nSPS) is 17.2. The van der Waals surface area contributed by atoms with Crippen LogP contribution in [0.4, 0.5) is 14.9 Å². The highest BCUT2D eigenvalue weighted by molar-refractivity contribution is 5.96. The molecule has 1 aromatic carbocycles. The fraction of sp³-hybridized carbons (Fsp3) is 0.556. The number of carbonyl (C=O) groups excluding carboxylic acids is 2. The maximum absolute atomic E-state index is 13.0. The summed E-state index contributed by atoms with van der Waals surface area (Å²) in [6.07, 6.45) is 1.18. The van der Waals surface area contributed by atoms with Gasteiger partial charge in [0, 0.05) is 31.6 Å². The largest absolute Gasteiger partial charge is 0.338 e. The Labute approximate surface area is 148 Å². The number of rotatable bonds is 8. The van der Waals surface area contributed by atoms with Crippen LogP contribution in [-0.2, 0) is 4.79 Å². The summed E-state index contributed by atoms with van der Waals surface area (Å²) >= 11 is 0. The molecule has 7 heteroatoms. The Morgan fingerprint density at radius 1 is 1.28 bits per heavy atom. The molecule has 3 amide bonds. The Morgan fingerprint density at radius 2 is 1.96 bits per heavy atom. The molecule has 1 saturated heterocycles. The molecule has 1 aliphatic heterocycles. The summed E-state index contributed by atoms with van der Waals surface area (Å²) in [6, 6.07) is 5.33. The van der Waals surface area contributed by atoms with Crippen molar-refractivity contribution >= 4 is 17.6 Å². The first-order valence-electron chi connectivity index (χ1n) is 8.97. The predicted molar refractivity (Wildman–Crippen MR) is 95.2 cm³/mol. The molecule has 6 nitrogen and oxygen atoms in total. The van der Waals surface area contributed by atoms with Crippen molar-refractivity contribution in [3.63, 3.8) is 0 Å². The van der Waals surface area contributed by atoms with Gasteiger partial charge in [0.15, 0.2) is 0 Å². The first-order chi connectivity index (χ1) is 12.0. The van der Waals surface area contributed by atoms with E-state index in [1.807, 2.05) is 0 Å². The summed E-state index contributed by atoms with van der Waals surface area (Å²) in [4.78, 5) is 27.2. The summed E-state index contributed by atoms with van der Waals surface area (Å²) in [5, 5.41) is 5.69. The Bertz CT molecular complexity index is 575. The fourth-order valence-electron chi connectivity index (χ4n) is 3.06. The summed E-state index contributed by atoms with van der Waals surface area (Å²) in [5.41, 5.74) is 0.651. The Hall–Kier alpha value is -2.15. The van der Waals surface area contributed by atoms with Crippen LogP contribution in [0.3, 0.4) is 0 Å². The Balaban J connectivity index is 1.73. The Morgan fingerprint density at radius 3 is 2.60 bits per heavy atom. The first-order valence-corrected chi connectivity index (χ1v) is 8.97. The number of nitrogens with zero attached hydrogens (tertiary/aromatic N) is 1.